The number of hydrogen-bond donors (Lipinski definition) is 0. The van der Waals surface area contributed by atoms with Crippen molar-refractivity contribution in [1.29, 1.82) is 0 Å². The molecular formula is C15H20ClNO. The van der Waals surface area contributed by atoms with Crippen LogP contribution in [0.15, 0.2) is 18.2 Å². The molecule has 1 aliphatic rings. The number of likely N-dealkylation sites (tertiary alicyclic amines) is 1. The van der Waals surface area contributed by atoms with E-state index >= 15 is 0 Å². The standard InChI is InChI=1S/C15H20ClNO/c1-12-5-6-13(11-14(12)16)7-8-15(18)17-9-3-2-4-10-17/h5-6,11H,2-4,7-10H2,1H3. The maximum Gasteiger partial charge on any atom is 0.222 e. The first-order valence-corrected chi connectivity index (χ1v) is 7.07. The highest BCUT2D eigenvalue weighted by molar-refractivity contribution is 6.31. The zero-order valence-electron chi connectivity index (χ0n) is 10.9. The third-order valence-electron chi connectivity index (χ3n) is 3.57. The van der Waals surface area contributed by atoms with Crippen LogP contribution in [0.25, 0.3) is 0 Å². The predicted octanol–water partition coefficient (Wildman–Crippen LogP) is 3.59. The summed E-state index contributed by atoms with van der Waals surface area (Å²) >= 11 is 6.08. The normalized spacial score (nSPS) is 15.8. The molecule has 1 saturated heterocycles. The molecule has 1 heterocycles. The van der Waals surface area contributed by atoms with Gasteiger partial charge in [-0.15, -0.1) is 0 Å². The Labute approximate surface area is 114 Å². The minimum Gasteiger partial charge on any atom is -0.343 e. The molecule has 0 aliphatic carbocycles. The van der Waals surface area contributed by atoms with E-state index in [-0.39, 0.29) is 5.91 Å². The van der Waals surface area contributed by atoms with E-state index in [0.717, 1.165) is 48.5 Å². The Bertz CT molecular complexity index is 425. The van der Waals surface area contributed by atoms with Crippen LogP contribution in [0.3, 0.4) is 0 Å². The van der Waals surface area contributed by atoms with E-state index in [1.54, 1.807) is 0 Å². The van der Waals surface area contributed by atoms with Gasteiger partial charge in [0, 0.05) is 24.5 Å². The molecule has 0 unspecified atom stereocenters. The van der Waals surface area contributed by atoms with Crippen LogP contribution in [-0.4, -0.2) is 23.9 Å². The van der Waals surface area contributed by atoms with E-state index in [2.05, 4.69) is 6.07 Å². The quantitative estimate of drug-likeness (QED) is 0.818. The largest absolute Gasteiger partial charge is 0.343 e. The molecule has 2 nitrogen and oxygen atoms in total. The summed E-state index contributed by atoms with van der Waals surface area (Å²) in [6.07, 6.45) is 4.95. The molecule has 3 heteroatoms. The Morgan fingerprint density at radius 1 is 1.28 bits per heavy atom. The van der Waals surface area contributed by atoms with Crippen molar-refractivity contribution in [2.75, 3.05) is 13.1 Å². The topological polar surface area (TPSA) is 20.3 Å². The summed E-state index contributed by atoms with van der Waals surface area (Å²) in [5.74, 6) is 0.284. The molecule has 18 heavy (non-hydrogen) atoms. The summed E-state index contributed by atoms with van der Waals surface area (Å²) in [6.45, 7) is 3.87. The van der Waals surface area contributed by atoms with Crippen LogP contribution in [0.4, 0.5) is 0 Å². The molecule has 1 amide bonds. The Hall–Kier alpha value is -1.02. The molecule has 1 fully saturated rings. The van der Waals surface area contributed by atoms with Gasteiger partial charge in [-0.2, -0.15) is 0 Å². The molecule has 0 bridgehead atoms. The van der Waals surface area contributed by atoms with Gasteiger partial charge in [0.1, 0.15) is 0 Å². The molecular weight excluding hydrogens is 246 g/mol. The second-order valence-corrected chi connectivity index (χ2v) is 5.43. The van der Waals surface area contributed by atoms with Gasteiger partial charge in [-0.25, -0.2) is 0 Å². The number of aryl methyl sites for hydroxylation is 2. The van der Waals surface area contributed by atoms with E-state index in [0.29, 0.717) is 6.42 Å². The number of amides is 1. The highest BCUT2D eigenvalue weighted by Gasteiger charge is 2.15. The second-order valence-electron chi connectivity index (χ2n) is 5.02. The van der Waals surface area contributed by atoms with Gasteiger partial charge in [0.15, 0.2) is 0 Å². The van der Waals surface area contributed by atoms with Gasteiger partial charge >= 0.3 is 0 Å². The zero-order chi connectivity index (χ0) is 13.0. The zero-order valence-corrected chi connectivity index (χ0v) is 11.7. The van der Waals surface area contributed by atoms with Crippen LogP contribution in [0.2, 0.25) is 5.02 Å². The Morgan fingerprint density at radius 3 is 2.67 bits per heavy atom. The molecule has 1 aliphatic heterocycles. The van der Waals surface area contributed by atoms with Gasteiger partial charge in [0.05, 0.1) is 0 Å². The maximum atomic E-state index is 12.0. The molecule has 0 saturated carbocycles. The van der Waals surface area contributed by atoms with Crippen molar-refractivity contribution in [1.82, 2.24) is 4.90 Å². The van der Waals surface area contributed by atoms with Gasteiger partial charge in [0.2, 0.25) is 5.91 Å². The maximum absolute atomic E-state index is 12.0. The SMILES string of the molecule is Cc1ccc(CCC(=O)N2CCCCC2)cc1Cl. The van der Waals surface area contributed by atoms with Crippen molar-refractivity contribution < 1.29 is 4.79 Å². The van der Waals surface area contributed by atoms with E-state index in [4.69, 9.17) is 11.6 Å². The van der Waals surface area contributed by atoms with Crippen LogP contribution >= 0.6 is 11.6 Å². The summed E-state index contributed by atoms with van der Waals surface area (Å²) in [5, 5.41) is 0.790. The number of piperidine rings is 1. The third kappa shape index (κ3) is 3.49. The molecule has 0 N–H and O–H groups in total. The van der Waals surface area contributed by atoms with Crippen molar-refractivity contribution in [3.63, 3.8) is 0 Å². The number of halogens is 1. The molecule has 0 radical (unpaired) electrons. The molecule has 98 valence electrons. The summed E-state index contributed by atoms with van der Waals surface area (Å²) < 4.78 is 0. The van der Waals surface area contributed by atoms with Crippen molar-refractivity contribution in [3.05, 3.63) is 34.3 Å². The van der Waals surface area contributed by atoms with Gasteiger partial charge in [-0.3, -0.25) is 4.79 Å². The summed E-state index contributed by atoms with van der Waals surface area (Å²) in [5.41, 5.74) is 2.23. The molecule has 1 aromatic carbocycles. The third-order valence-corrected chi connectivity index (χ3v) is 3.98. The molecule has 0 aromatic heterocycles. The van der Waals surface area contributed by atoms with Crippen molar-refractivity contribution in [3.8, 4) is 0 Å². The minimum absolute atomic E-state index is 0.284. The number of hydrogen-bond acceptors (Lipinski definition) is 1. The van der Waals surface area contributed by atoms with Gasteiger partial charge in [-0.05, 0) is 49.8 Å². The average Bonchev–Trinajstić information content (AvgIpc) is 2.41. The number of carbonyl (C=O) groups is 1. The second kappa shape index (κ2) is 6.24. The summed E-state index contributed by atoms with van der Waals surface area (Å²) in [7, 11) is 0. The summed E-state index contributed by atoms with van der Waals surface area (Å²) in [6, 6.07) is 6.05. The fourth-order valence-corrected chi connectivity index (χ4v) is 2.55. The number of rotatable bonds is 3. The number of benzene rings is 1. The average molecular weight is 266 g/mol. The van der Waals surface area contributed by atoms with Crippen LogP contribution in [-0.2, 0) is 11.2 Å². The minimum atomic E-state index is 0.284. The van der Waals surface area contributed by atoms with E-state index in [9.17, 15) is 4.79 Å². The number of carbonyl (C=O) groups excluding carboxylic acids is 1. The molecule has 0 spiro atoms. The summed E-state index contributed by atoms with van der Waals surface area (Å²) in [4.78, 5) is 14.0. The van der Waals surface area contributed by atoms with Crippen molar-refractivity contribution >= 4 is 17.5 Å². The van der Waals surface area contributed by atoms with Crippen LogP contribution < -0.4 is 0 Å². The highest BCUT2D eigenvalue weighted by Crippen LogP contribution is 2.18. The van der Waals surface area contributed by atoms with Gasteiger partial charge in [-0.1, -0.05) is 23.7 Å². The van der Waals surface area contributed by atoms with Crippen LogP contribution in [0.5, 0.6) is 0 Å². The first-order chi connectivity index (χ1) is 8.66. The van der Waals surface area contributed by atoms with E-state index in [1.165, 1.54) is 6.42 Å². The van der Waals surface area contributed by atoms with Crippen molar-refractivity contribution in [2.45, 2.75) is 39.0 Å². The number of nitrogens with zero attached hydrogens (tertiary/aromatic N) is 1. The fraction of sp³-hybridized carbons (Fsp3) is 0.533. The predicted molar refractivity (Wildman–Crippen MR) is 74.9 cm³/mol. The van der Waals surface area contributed by atoms with E-state index < -0.39 is 0 Å². The molecule has 2 rings (SSSR count). The fourth-order valence-electron chi connectivity index (χ4n) is 2.34. The van der Waals surface area contributed by atoms with Gasteiger partial charge in [0.25, 0.3) is 0 Å². The Kier molecular flexibility index (Phi) is 4.65. The van der Waals surface area contributed by atoms with Crippen molar-refractivity contribution in [2.24, 2.45) is 0 Å². The lowest BCUT2D eigenvalue weighted by atomic mass is 10.1. The van der Waals surface area contributed by atoms with Crippen LogP contribution in [0, 0.1) is 6.92 Å². The van der Waals surface area contributed by atoms with Gasteiger partial charge < -0.3 is 4.90 Å². The highest BCUT2D eigenvalue weighted by atomic mass is 35.5. The van der Waals surface area contributed by atoms with E-state index in [1.807, 2.05) is 24.0 Å². The lowest BCUT2D eigenvalue weighted by Gasteiger charge is -2.26. The first kappa shape index (κ1) is 13.4. The monoisotopic (exact) mass is 265 g/mol. The Balaban J connectivity index is 1.86. The lowest BCUT2D eigenvalue weighted by Crippen LogP contribution is -2.35. The molecule has 1 aromatic rings. The smallest absolute Gasteiger partial charge is 0.222 e. The molecule has 0 atom stereocenters. The first-order valence-electron chi connectivity index (χ1n) is 6.69. The lowest BCUT2D eigenvalue weighted by molar-refractivity contribution is -0.132. The Morgan fingerprint density at radius 2 is 2.00 bits per heavy atom. The van der Waals surface area contributed by atoms with Crippen LogP contribution in [0.1, 0.15) is 36.8 Å².